The highest BCUT2D eigenvalue weighted by molar-refractivity contribution is 7.46. The normalized spacial score (nSPS) is 9.17. The Bertz CT molecular complexity index is 46.8. The van der Waals surface area contributed by atoms with Crippen molar-refractivity contribution < 1.29 is 9.79 Å². The van der Waals surface area contributed by atoms with Gasteiger partial charge >= 0.3 is 0 Å². The molecule has 0 bridgehead atoms. The van der Waals surface area contributed by atoms with E-state index in [-0.39, 0.29) is 6.16 Å². The number of rotatable bonds is 2. The lowest BCUT2D eigenvalue weighted by atomic mass is 10.9. The Labute approximate surface area is 37.1 Å². The van der Waals surface area contributed by atoms with E-state index in [4.69, 9.17) is 15.2 Å². The van der Waals surface area contributed by atoms with E-state index >= 15 is 0 Å². The van der Waals surface area contributed by atoms with Crippen molar-refractivity contribution in [2.45, 2.75) is 0 Å². The first-order valence-electron chi connectivity index (χ1n) is 1.41. The number of hydrogen-bond donors (Lipinski definition) is 3. The molecule has 0 aromatic rings. The van der Waals surface area contributed by atoms with Crippen LogP contribution in [0.15, 0.2) is 0 Å². The Morgan fingerprint density at radius 3 is 2.17 bits per heavy atom. The van der Waals surface area contributed by atoms with Gasteiger partial charge < -0.3 is 15.2 Å². The largest absolute Gasteiger partial charge is 0.350 e. The van der Waals surface area contributed by atoms with Crippen molar-refractivity contribution in [1.29, 1.82) is 5.41 Å². The number of nitrogens with one attached hydrogen (secondary N) is 1. The third-order valence-electron chi connectivity index (χ3n) is 0.255. The lowest BCUT2D eigenvalue weighted by molar-refractivity contribution is 0.488. The zero-order chi connectivity index (χ0) is 4.99. The second-order valence-electron chi connectivity index (χ2n) is 0.759. The first-order valence-corrected chi connectivity index (χ1v) is 2.85. The summed E-state index contributed by atoms with van der Waals surface area (Å²) in [5.74, 6) is 0. The Morgan fingerprint density at radius 2 is 2.17 bits per heavy atom. The van der Waals surface area contributed by atoms with Crippen LogP contribution in [0.3, 0.4) is 0 Å². The van der Waals surface area contributed by atoms with Gasteiger partial charge in [-0.05, 0) is 0 Å². The minimum atomic E-state index is -1.84. The van der Waals surface area contributed by atoms with Crippen molar-refractivity contribution >= 4 is 14.6 Å². The molecule has 0 aliphatic heterocycles. The highest BCUT2D eigenvalue weighted by Crippen LogP contribution is 2.19. The summed E-state index contributed by atoms with van der Waals surface area (Å²) >= 11 is 0. The average molecular weight is 107 g/mol. The van der Waals surface area contributed by atoms with Gasteiger partial charge in [0, 0.05) is 6.21 Å². The van der Waals surface area contributed by atoms with Crippen LogP contribution in [0.25, 0.3) is 0 Å². The molecule has 36 valence electrons. The Kier molecular flexibility index (Phi) is 3.23. The van der Waals surface area contributed by atoms with Crippen molar-refractivity contribution in [2.24, 2.45) is 0 Å². The molecule has 0 aromatic carbocycles. The lowest BCUT2D eigenvalue weighted by Gasteiger charge is -1.89. The standard InChI is InChI=1S/C2H6NO2P/c3-1-2-6(4)5/h1,3-5H,2H2. The third kappa shape index (κ3) is 4.02. The van der Waals surface area contributed by atoms with E-state index < -0.39 is 8.38 Å². The van der Waals surface area contributed by atoms with Crippen LogP contribution in [0, 0.1) is 5.41 Å². The highest BCUT2D eigenvalue weighted by atomic mass is 31.2. The molecular formula is C2H6NO2P. The average Bonchev–Trinajstić information content (AvgIpc) is 1.35. The van der Waals surface area contributed by atoms with E-state index in [9.17, 15) is 0 Å². The van der Waals surface area contributed by atoms with Gasteiger partial charge in [-0.1, -0.05) is 0 Å². The Balaban J connectivity index is 2.81. The molecule has 4 heteroatoms. The first-order chi connectivity index (χ1) is 2.77. The molecule has 3 N–H and O–H groups in total. The van der Waals surface area contributed by atoms with Crippen molar-refractivity contribution in [3.05, 3.63) is 0 Å². The van der Waals surface area contributed by atoms with Crippen LogP contribution in [0.1, 0.15) is 0 Å². The van der Waals surface area contributed by atoms with Crippen LogP contribution < -0.4 is 0 Å². The minimum absolute atomic E-state index is 0.0926. The third-order valence-corrected chi connectivity index (χ3v) is 0.764. The summed E-state index contributed by atoms with van der Waals surface area (Å²) in [6.45, 7) is 0. The second kappa shape index (κ2) is 3.22. The predicted molar refractivity (Wildman–Crippen MR) is 25.0 cm³/mol. The summed E-state index contributed by atoms with van der Waals surface area (Å²) in [7, 11) is -1.84. The smallest absolute Gasteiger partial charge is 0.170 e. The summed E-state index contributed by atoms with van der Waals surface area (Å²) in [4.78, 5) is 16.0. The molecule has 0 heterocycles. The van der Waals surface area contributed by atoms with Gasteiger partial charge in [-0.2, -0.15) is 0 Å². The predicted octanol–water partition coefficient (Wildman–Crippen LogP) is -0.0675. The van der Waals surface area contributed by atoms with E-state index in [1.807, 2.05) is 0 Å². The summed E-state index contributed by atoms with van der Waals surface area (Å²) in [6.07, 6.45) is 1.07. The van der Waals surface area contributed by atoms with E-state index in [1.165, 1.54) is 0 Å². The van der Waals surface area contributed by atoms with Gasteiger partial charge in [-0.15, -0.1) is 0 Å². The maximum absolute atomic E-state index is 8.02. The van der Waals surface area contributed by atoms with Crippen LogP contribution in [0.5, 0.6) is 0 Å². The molecule has 3 nitrogen and oxygen atoms in total. The van der Waals surface area contributed by atoms with Gasteiger partial charge in [0.05, 0.1) is 6.16 Å². The zero-order valence-electron chi connectivity index (χ0n) is 3.13. The molecule has 0 unspecified atom stereocenters. The van der Waals surface area contributed by atoms with E-state index in [0.717, 1.165) is 6.21 Å². The maximum atomic E-state index is 8.02. The molecule has 0 atom stereocenters. The second-order valence-corrected chi connectivity index (χ2v) is 1.87. The van der Waals surface area contributed by atoms with Crippen LogP contribution in [0.2, 0.25) is 0 Å². The SMILES string of the molecule is N=CCP(O)O. The quantitative estimate of drug-likeness (QED) is 0.341. The fourth-order valence-electron chi connectivity index (χ4n) is 0.0816. The first kappa shape index (κ1) is 6.02. The Morgan fingerprint density at radius 1 is 1.67 bits per heavy atom. The van der Waals surface area contributed by atoms with Crippen molar-refractivity contribution in [1.82, 2.24) is 0 Å². The van der Waals surface area contributed by atoms with Gasteiger partial charge in [0.1, 0.15) is 0 Å². The monoisotopic (exact) mass is 107 g/mol. The molecule has 0 amide bonds. The summed E-state index contributed by atoms with van der Waals surface area (Å²) in [5.41, 5.74) is 0. The summed E-state index contributed by atoms with van der Waals surface area (Å²) in [6, 6.07) is 0. The molecule has 0 radical (unpaired) electrons. The fourth-order valence-corrected chi connectivity index (χ4v) is 0.245. The van der Waals surface area contributed by atoms with Gasteiger partial charge in [-0.25, -0.2) is 0 Å². The molecular weight excluding hydrogens is 101 g/mol. The van der Waals surface area contributed by atoms with Gasteiger partial charge in [0.25, 0.3) is 0 Å². The van der Waals surface area contributed by atoms with E-state index in [0.29, 0.717) is 0 Å². The van der Waals surface area contributed by atoms with Crippen LogP contribution in [-0.2, 0) is 0 Å². The highest BCUT2D eigenvalue weighted by Gasteiger charge is 1.88. The van der Waals surface area contributed by atoms with Crippen LogP contribution in [0.4, 0.5) is 0 Å². The van der Waals surface area contributed by atoms with Crippen LogP contribution >= 0.6 is 8.38 Å². The molecule has 6 heavy (non-hydrogen) atoms. The minimum Gasteiger partial charge on any atom is -0.350 e. The topological polar surface area (TPSA) is 64.3 Å². The van der Waals surface area contributed by atoms with Gasteiger partial charge in [-0.3, -0.25) is 0 Å². The van der Waals surface area contributed by atoms with Crippen LogP contribution in [-0.4, -0.2) is 22.2 Å². The maximum Gasteiger partial charge on any atom is 0.170 e. The number of hydrogen-bond acceptors (Lipinski definition) is 3. The van der Waals surface area contributed by atoms with Gasteiger partial charge in [0.2, 0.25) is 0 Å². The fraction of sp³-hybridized carbons (Fsp3) is 0.500. The molecule has 0 aromatic heterocycles. The van der Waals surface area contributed by atoms with E-state index in [1.54, 1.807) is 0 Å². The summed E-state index contributed by atoms with van der Waals surface area (Å²) < 4.78 is 0. The molecule has 0 saturated carbocycles. The van der Waals surface area contributed by atoms with Crippen molar-refractivity contribution in [3.63, 3.8) is 0 Å². The van der Waals surface area contributed by atoms with Crippen molar-refractivity contribution in [2.75, 3.05) is 6.16 Å². The van der Waals surface area contributed by atoms with Crippen molar-refractivity contribution in [3.8, 4) is 0 Å². The molecule has 0 aliphatic rings. The molecule has 0 aliphatic carbocycles. The summed E-state index contributed by atoms with van der Waals surface area (Å²) in [5, 5.41) is 6.30. The van der Waals surface area contributed by atoms with E-state index in [2.05, 4.69) is 0 Å². The molecule has 0 rings (SSSR count). The molecule has 0 spiro atoms. The zero-order valence-corrected chi connectivity index (χ0v) is 4.02. The lowest BCUT2D eigenvalue weighted by Crippen LogP contribution is -1.78. The Hall–Kier alpha value is 0.0200. The molecule has 0 saturated heterocycles. The van der Waals surface area contributed by atoms with Gasteiger partial charge in [0.15, 0.2) is 8.38 Å². The molecule has 0 fully saturated rings.